The zero-order valence-corrected chi connectivity index (χ0v) is 13.1. The fourth-order valence-electron chi connectivity index (χ4n) is 2.94. The van der Waals surface area contributed by atoms with Gasteiger partial charge in [0.05, 0.1) is 13.2 Å². The minimum Gasteiger partial charge on any atom is -0.494 e. The van der Waals surface area contributed by atoms with Gasteiger partial charge in [0.15, 0.2) is 11.6 Å². The van der Waals surface area contributed by atoms with E-state index in [0.717, 1.165) is 31.6 Å². The summed E-state index contributed by atoms with van der Waals surface area (Å²) in [6.07, 6.45) is 1.04. The minimum absolute atomic E-state index is 0.0719. The van der Waals surface area contributed by atoms with Gasteiger partial charge >= 0.3 is 0 Å². The highest BCUT2D eigenvalue weighted by atomic mass is 19.1. The van der Waals surface area contributed by atoms with Gasteiger partial charge in [0.2, 0.25) is 0 Å². The Morgan fingerprint density at radius 2 is 2.14 bits per heavy atom. The van der Waals surface area contributed by atoms with Crippen LogP contribution < -0.4 is 4.74 Å². The van der Waals surface area contributed by atoms with Crippen molar-refractivity contribution in [3.63, 3.8) is 0 Å². The fourth-order valence-corrected chi connectivity index (χ4v) is 2.94. The zero-order valence-electron chi connectivity index (χ0n) is 13.1. The Labute approximate surface area is 126 Å². The van der Waals surface area contributed by atoms with Crippen LogP contribution in [0, 0.1) is 5.82 Å². The van der Waals surface area contributed by atoms with E-state index in [0.29, 0.717) is 6.42 Å². The van der Waals surface area contributed by atoms with Gasteiger partial charge in [-0.3, -0.25) is 4.90 Å². The number of methoxy groups -OCH3 is 1. The molecule has 118 valence electrons. The van der Waals surface area contributed by atoms with E-state index in [2.05, 4.69) is 16.8 Å². The van der Waals surface area contributed by atoms with E-state index in [1.54, 1.807) is 6.07 Å². The predicted octanol–water partition coefficient (Wildman–Crippen LogP) is 1.37. The Morgan fingerprint density at radius 1 is 1.38 bits per heavy atom. The van der Waals surface area contributed by atoms with Crippen molar-refractivity contribution in [3.05, 3.63) is 29.6 Å². The Morgan fingerprint density at radius 3 is 2.81 bits per heavy atom. The number of halogens is 1. The Hall–Kier alpha value is -1.17. The molecule has 5 heteroatoms. The number of aliphatic hydroxyl groups is 1. The van der Waals surface area contributed by atoms with E-state index in [9.17, 15) is 9.50 Å². The maximum atomic E-state index is 13.7. The summed E-state index contributed by atoms with van der Waals surface area (Å²) in [5.41, 5.74) is 0.793. The first-order valence-corrected chi connectivity index (χ1v) is 7.40. The average molecular weight is 296 g/mol. The average Bonchev–Trinajstić information content (AvgIpc) is 2.60. The molecule has 0 radical (unpaired) electrons. The molecule has 1 aliphatic heterocycles. The summed E-state index contributed by atoms with van der Waals surface area (Å²) in [5, 5.41) is 10.5. The molecule has 0 aromatic heterocycles. The third-order valence-electron chi connectivity index (χ3n) is 4.22. The molecule has 1 fully saturated rings. The molecular weight excluding hydrogens is 271 g/mol. The van der Waals surface area contributed by atoms with Gasteiger partial charge in [0.25, 0.3) is 0 Å². The molecule has 0 saturated carbocycles. The fraction of sp³-hybridized carbons (Fsp3) is 0.625. The molecule has 21 heavy (non-hydrogen) atoms. The molecule has 0 amide bonds. The molecule has 2 rings (SSSR count). The van der Waals surface area contributed by atoms with Crippen molar-refractivity contribution in [2.75, 3.05) is 40.8 Å². The first-order chi connectivity index (χ1) is 10.0. The molecule has 1 aliphatic rings. The van der Waals surface area contributed by atoms with Crippen LogP contribution in [0.25, 0.3) is 0 Å². The summed E-state index contributed by atoms with van der Waals surface area (Å²) in [4.78, 5) is 4.44. The summed E-state index contributed by atoms with van der Waals surface area (Å²) in [7, 11) is 5.57. The predicted molar refractivity (Wildman–Crippen MR) is 81.2 cm³/mol. The van der Waals surface area contributed by atoms with Crippen LogP contribution in [0.15, 0.2) is 18.2 Å². The third-order valence-corrected chi connectivity index (χ3v) is 4.22. The van der Waals surface area contributed by atoms with Crippen LogP contribution in [-0.2, 0) is 6.42 Å². The topological polar surface area (TPSA) is 35.9 Å². The molecule has 0 bridgehead atoms. The lowest BCUT2D eigenvalue weighted by molar-refractivity contribution is 0.0581. The molecule has 0 aliphatic carbocycles. The van der Waals surface area contributed by atoms with Gasteiger partial charge < -0.3 is 14.7 Å². The third kappa shape index (κ3) is 4.15. The maximum Gasteiger partial charge on any atom is 0.165 e. The van der Waals surface area contributed by atoms with Crippen LogP contribution in [0.5, 0.6) is 5.75 Å². The van der Waals surface area contributed by atoms with E-state index in [4.69, 9.17) is 4.74 Å². The Balaban J connectivity index is 2.05. The van der Waals surface area contributed by atoms with E-state index < -0.39 is 6.10 Å². The number of rotatable bonds is 4. The van der Waals surface area contributed by atoms with Crippen LogP contribution in [0.1, 0.15) is 12.0 Å². The quantitative estimate of drug-likeness (QED) is 0.910. The standard InChI is InChI=1S/C16H25FN2O2/c1-18-7-4-8-19(2)14(11-18)15(20)10-12-5-6-16(21-3)13(17)9-12/h5-6,9,14-15,20H,4,7-8,10-11H2,1-3H3. The van der Waals surface area contributed by atoms with Crippen molar-refractivity contribution in [1.29, 1.82) is 0 Å². The van der Waals surface area contributed by atoms with Crippen molar-refractivity contribution in [3.8, 4) is 5.75 Å². The number of hydrogen-bond acceptors (Lipinski definition) is 4. The Bertz CT molecular complexity index is 470. The summed E-state index contributed by atoms with van der Waals surface area (Å²) < 4.78 is 18.6. The molecule has 2 unspecified atom stereocenters. The number of likely N-dealkylation sites (N-methyl/N-ethyl adjacent to an activating group) is 2. The van der Waals surface area contributed by atoms with Gasteiger partial charge in [-0.05, 0) is 51.3 Å². The van der Waals surface area contributed by atoms with Crippen molar-refractivity contribution in [1.82, 2.24) is 9.80 Å². The zero-order chi connectivity index (χ0) is 15.4. The SMILES string of the molecule is COc1ccc(CC(O)C2CN(C)CCCN2C)cc1F. The van der Waals surface area contributed by atoms with Crippen molar-refractivity contribution in [2.24, 2.45) is 0 Å². The molecule has 4 nitrogen and oxygen atoms in total. The van der Waals surface area contributed by atoms with Crippen LogP contribution in [-0.4, -0.2) is 67.9 Å². The van der Waals surface area contributed by atoms with Gasteiger partial charge in [-0.2, -0.15) is 0 Å². The molecule has 0 spiro atoms. The highest BCUT2D eigenvalue weighted by Crippen LogP contribution is 2.20. The van der Waals surface area contributed by atoms with Gasteiger partial charge in [-0.1, -0.05) is 6.07 Å². The lowest BCUT2D eigenvalue weighted by Gasteiger charge is -2.31. The van der Waals surface area contributed by atoms with E-state index >= 15 is 0 Å². The summed E-state index contributed by atoms with van der Waals surface area (Å²) >= 11 is 0. The van der Waals surface area contributed by atoms with Crippen molar-refractivity contribution >= 4 is 0 Å². The molecule has 1 N–H and O–H groups in total. The minimum atomic E-state index is -0.511. The molecule has 2 atom stereocenters. The summed E-state index contributed by atoms with van der Waals surface area (Å²) in [6.45, 7) is 2.85. The molecule has 1 aromatic rings. The Kier molecular flexibility index (Phi) is 5.56. The van der Waals surface area contributed by atoms with Crippen LogP contribution in [0.3, 0.4) is 0 Å². The van der Waals surface area contributed by atoms with Crippen LogP contribution in [0.2, 0.25) is 0 Å². The molecule has 1 aromatic carbocycles. The van der Waals surface area contributed by atoms with Gasteiger partial charge in [-0.25, -0.2) is 4.39 Å². The van der Waals surface area contributed by atoms with Gasteiger partial charge in [0.1, 0.15) is 0 Å². The second-order valence-electron chi connectivity index (χ2n) is 5.90. The van der Waals surface area contributed by atoms with E-state index in [1.807, 2.05) is 13.1 Å². The summed E-state index contributed by atoms with van der Waals surface area (Å²) in [5.74, 6) is -0.145. The monoisotopic (exact) mass is 296 g/mol. The number of hydrogen-bond donors (Lipinski definition) is 1. The molecular formula is C16H25FN2O2. The van der Waals surface area contributed by atoms with Crippen LogP contribution >= 0.6 is 0 Å². The molecule has 1 saturated heterocycles. The van der Waals surface area contributed by atoms with E-state index in [-0.39, 0.29) is 17.6 Å². The highest BCUT2D eigenvalue weighted by molar-refractivity contribution is 5.29. The second kappa shape index (κ2) is 7.20. The molecule has 1 heterocycles. The maximum absolute atomic E-state index is 13.7. The van der Waals surface area contributed by atoms with Crippen molar-refractivity contribution < 1.29 is 14.2 Å². The largest absolute Gasteiger partial charge is 0.494 e. The van der Waals surface area contributed by atoms with Gasteiger partial charge in [0, 0.05) is 19.0 Å². The lowest BCUT2D eigenvalue weighted by atomic mass is 10.0. The highest BCUT2D eigenvalue weighted by Gasteiger charge is 2.27. The van der Waals surface area contributed by atoms with Crippen molar-refractivity contribution in [2.45, 2.75) is 25.0 Å². The van der Waals surface area contributed by atoms with Gasteiger partial charge in [-0.15, -0.1) is 0 Å². The normalized spacial score (nSPS) is 22.8. The number of aliphatic hydroxyl groups excluding tert-OH is 1. The second-order valence-corrected chi connectivity index (χ2v) is 5.90. The first-order valence-electron chi connectivity index (χ1n) is 7.40. The smallest absolute Gasteiger partial charge is 0.165 e. The summed E-state index contributed by atoms with van der Waals surface area (Å²) in [6, 6.07) is 4.94. The van der Waals surface area contributed by atoms with E-state index in [1.165, 1.54) is 13.2 Å². The lowest BCUT2D eigenvalue weighted by Crippen LogP contribution is -2.47. The number of benzene rings is 1. The number of nitrogens with zero attached hydrogens (tertiary/aromatic N) is 2. The van der Waals surface area contributed by atoms with Crippen LogP contribution in [0.4, 0.5) is 4.39 Å². The first kappa shape index (κ1) is 16.2. The number of ether oxygens (including phenoxy) is 1.